The summed E-state index contributed by atoms with van der Waals surface area (Å²) in [4.78, 5) is 33.1. The third-order valence-electron chi connectivity index (χ3n) is 4.84. The van der Waals surface area contributed by atoms with E-state index in [4.69, 9.17) is 4.74 Å². The molecule has 2 aliphatic rings. The quantitative estimate of drug-likeness (QED) is 0.866. The van der Waals surface area contributed by atoms with E-state index in [0.29, 0.717) is 18.8 Å². The van der Waals surface area contributed by atoms with Crippen molar-refractivity contribution in [2.24, 2.45) is 0 Å². The molecule has 0 radical (unpaired) electrons. The van der Waals surface area contributed by atoms with E-state index in [9.17, 15) is 9.59 Å². The van der Waals surface area contributed by atoms with Gasteiger partial charge in [-0.2, -0.15) is 0 Å². The van der Waals surface area contributed by atoms with Crippen LogP contribution in [0.1, 0.15) is 38.2 Å². The van der Waals surface area contributed by atoms with Gasteiger partial charge < -0.3 is 19.9 Å². The van der Waals surface area contributed by atoms with Crippen LogP contribution in [0.4, 0.5) is 5.69 Å². The van der Waals surface area contributed by atoms with Gasteiger partial charge in [-0.3, -0.25) is 14.6 Å². The van der Waals surface area contributed by atoms with E-state index in [1.54, 1.807) is 24.9 Å². The highest BCUT2D eigenvalue weighted by molar-refractivity contribution is 5.99. The zero-order chi connectivity index (χ0) is 18.2. The summed E-state index contributed by atoms with van der Waals surface area (Å²) in [6.45, 7) is 10.1. The van der Waals surface area contributed by atoms with E-state index >= 15 is 0 Å². The second-order valence-electron chi connectivity index (χ2n) is 7.33. The van der Waals surface area contributed by atoms with Gasteiger partial charge in [0.15, 0.2) is 0 Å². The zero-order valence-electron chi connectivity index (χ0n) is 15.3. The number of piperazine rings is 1. The van der Waals surface area contributed by atoms with Crippen molar-refractivity contribution in [2.45, 2.75) is 45.4 Å². The minimum atomic E-state index is -0.880. The Morgan fingerprint density at radius 2 is 2.00 bits per heavy atom. The second kappa shape index (κ2) is 6.63. The molecule has 7 nitrogen and oxygen atoms in total. The van der Waals surface area contributed by atoms with Gasteiger partial charge in [0.25, 0.3) is 5.91 Å². The summed E-state index contributed by atoms with van der Waals surface area (Å²) in [6.07, 6.45) is 1.94. The van der Waals surface area contributed by atoms with Gasteiger partial charge in [-0.15, -0.1) is 0 Å². The lowest BCUT2D eigenvalue weighted by molar-refractivity contribution is -0.133. The van der Waals surface area contributed by atoms with Gasteiger partial charge in [0.1, 0.15) is 11.2 Å². The summed E-state index contributed by atoms with van der Waals surface area (Å²) >= 11 is 0. The minimum absolute atomic E-state index is 0.140. The third kappa shape index (κ3) is 3.46. The number of rotatable bonds is 2. The molecule has 2 fully saturated rings. The molecule has 0 saturated carbocycles. The molecule has 25 heavy (non-hydrogen) atoms. The Bertz CT molecular complexity index is 666. The summed E-state index contributed by atoms with van der Waals surface area (Å²) in [5.74, 6) is -0.352. The average Bonchev–Trinajstić information content (AvgIpc) is 2.56. The number of carbonyl (C=O) groups is 2. The first-order valence-electron chi connectivity index (χ1n) is 8.76. The molecule has 1 aromatic rings. The zero-order valence-corrected chi connectivity index (χ0v) is 15.3. The van der Waals surface area contributed by atoms with Crippen LogP contribution in [-0.2, 0) is 9.53 Å². The number of morpholine rings is 1. The maximum Gasteiger partial charge on any atom is 0.273 e. The second-order valence-corrected chi connectivity index (χ2v) is 7.33. The van der Waals surface area contributed by atoms with Crippen LogP contribution in [0.25, 0.3) is 0 Å². The lowest BCUT2D eigenvalue weighted by atomic mass is 9.98. The molecule has 7 heteroatoms. The molecule has 2 saturated heterocycles. The first-order chi connectivity index (χ1) is 11.8. The molecule has 1 N–H and O–H groups in total. The first-order valence-corrected chi connectivity index (χ1v) is 8.76. The predicted octanol–water partition coefficient (Wildman–Crippen LogP) is 1.05. The number of ether oxygens (including phenoxy) is 1. The van der Waals surface area contributed by atoms with Gasteiger partial charge in [0.2, 0.25) is 5.91 Å². The maximum absolute atomic E-state index is 13.0. The van der Waals surface area contributed by atoms with E-state index in [2.05, 4.69) is 15.2 Å². The summed E-state index contributed by atoms with van der Waals surface area (Å²) in [6, 6.07) is 3.73. The highest BCUT2D eigenvalue weighted by atomic mass is 16.5. The number of hydrogen-bond acceptors (Lipinski definition) is 5. The largest absolute Gasteiger partial charge is 0.372 e. The molecule has 3 heterocycles. The molecular weight excluding hydrogens is 320 g/mol. The van der Waals surface area contributed by atoms with Gasteiger partial charge in [-0.25, -0.2) is 0 Å². The Labute approximate surface area is 148 Å². The molecule has 0 bridgehead atoms. The van der Waals surface area contributed by atoms with E-state index in [1.807, 2.05) is 26.0 Å². The van der Waals surface area contributed by atoms with Crippen molar-refractivity contribution in [3.05, 3.63) is 24.0 Å². The van der Waals surface area contributed by atoms with E-state index < -0.39 is 5.54 Å². The molecule has 1 aromatic heterocycles. The van der Waals surface area contributed by atoms with Crippen LogP contribution in [0, 0.1) is 0 Å². The number of aromatic nitrogens is 1. The molecular formula is C18H26N4O3. The molecule has 0 aromatic carbocycles. The van der Waals surface area contributed by atoms with Crippen molar-refractivity contribution < 1.29 is 14.3 Å². The summed E-state index contributed by atoms with van der Waals surface area (Å²) in [5.41, 5.74) is 0.446. The van der Waals surface area contributed by atoms with Gasteiger partial charge in [0.05, 0.1) is 12.2 Å². The van der Waals surface area contributed by atoms with Crippen molar-refractivity contribution in [2.75, 3.05) is 31.1 Å². The topological polar surface area (TPSA) is 74.8 Å². The number of anilines is 1. The van der Waals surface area contributed by atoms with Crippen molar-refractivity contribution >= 4 is 17.5 Å². The fourth-order valence-corrected chi connectivity index (χ4v) is 3.52. The normalized spacial score (nSPS) is 26.3. The standard InChI is InChI=1S/C18H26N4O3/c1-12-10-21(11-13(2)25-12)14-5-6-19-15(9-14)16(23)22-8-7-20-17(24)18(22,3)4/h5-6,9,12-13H,7-8,10-11H2,1-4H3,(H,20,24)/t12-,13-/m1/s1. The molecule has 0 spiro atoms. The van der Waals surface area contributed by atoms with Crippen LogP contribution < -0.4 is 10.2 Å². The fourth-order valence-electron chi connectivity index (χ4n) is 3.52. The number of nitrogens with zero attached hydrogens (tertiary/aromatic N) is 3. The molecule has 2 amide bonds. The van der Waals surface area contributed by atoms with Crippen LogP contribution in [0.15, 0.2) is 18.3 Å². The summed E-state index contributed by atoms with van der Waals surface area (Å²) in [5, 5.41) is 2.81. The summed E-state index contributed by atoms with van der Waals surface area (Å²) in [7, 11) is 0. The Morgan fingerprint density at radius 3 is 2.68 bits per heavy atom. The Morgan fingerprint density at radius 1 is 1.32 bits per heavy atom. The number of pyridine rings is 1. The summed E-state index contributed by atoms with van der Waals surface area (Å²) < 4.78 is 5.77. The van der Waals surface area contributed by atoms with Crippen LogP contribution in [0.3, 0.4) is 0 Å². The van der Waals surface area contributed by atoms with Gasteiger partial charge in [-0.05, 0) is 39.8 Å². The Hall–Kier alpha value is -2.15. The van der Waals surface area contributed by atoms with E-state index in [-0.39, 0.29) is 24.0 Å². The molecule has 0 aliphatic carbocycles. The molecule has 0 unspecified atom stereocenters. The third-order valence-corrected chi connectivity index (χ3v) is 4.84. The van der Waals surface area contributed by atoms with E-state index in [0.717, 1.165) is 18.8 Å². The average molecular weight is 346 g/mol. The van der Waals surface area contributed by atoms with Crippen molar-refractivity contribution in [3.8, 4) is 0 Å². The number of hydrogen-bond donors (Lipinski definition) is 1. The van der Waals surface area contributed by atoms with Crippen LogP contribution in [0.2, 0.25) is 0 Å². The number of nitrogens with one attached hydrogen (secondary N) is 1. The molecule has 2 aliphatic heterocycles. The molecule has 3 rings (SSSR count). The van der Waals surface area contributed by atoms with Crippen molar-refractivity contribution in [1.82, 2.24) is 15.2 Å². The highest BCUT2D eigenvalue weighted by Crippen LogP contribution is 2.24. The lowest BCUT2D eigenvalue weighted by Gasteiger charge is -2.41. The SMILES string of the molecule is C[C@@H]1CN(c2ccnc(C(=O)N3CCNC(=O)C3(C)C)c2)C[C@@H](C)O1. The Kier molecular flexibility index (Phi) is 4.69. The maximum atomic E-state index is 13.0. The van der Waals surface area contributed by atoms with Gasteiger partial charge in [-0.1, -0.05) is 0 Å². The molecule has 2 atom stereocenters. The van der Waals surface area contributed by atoms with E-state index in [1.165, 1.54) is 0 Å². The van der Waals surface area contributed by atoms with Crippen molar-refractivity contribution in [3.63, 3.8) is 0 Å². The first kappa shape index (κ1) is 17.7. The van der Waals surface area contributed by atoms with Gasteiger partial charge >= 0.3 is 0 Å². The minimum Gasteiger partial charge on any atom is -0.372 e. The number of carbonyl (C=O) groups excluding carboxylic acids is 2. The predicted molar refractivity (Wildman–Crippen MR) is 94.6 cm³/mol. The fraction of sp³-hybridized carbons (Fsp3) is 0.611. The monoisotopic (exact) mass is 346 g/mol. The van der Waals surface area contributed by atoms with Crippen LogP contribution in [0.5, 0.6) is 0 Å². The lowest BCUT2D eigenvalue weighted by Crippen LogP contribution is -2.63. The van der Waals surface area contributed by atoms with Crippen LogP contribution in [-0.4, -0.2) is 65.6 Å². The van der Waals surface area contributed by atoms with Gasteiger partial charge in [0, 0.05) is 38.1 Å². The van der Waals surface area contributed by atoms with Crippen LogP contribution >= 0.6 is 0 Å². The Balaban J connectivity index is 1.83. The smallest absolute Gasteiger partial charge is 0.273 e. The molecule has 136 valence electrons. The highest BCUT2D eigenvalue weighted by Gasteiger charge is 2.41. The number of amides is 2. The van der Waals surface area contributed by atoms with Crippen molar-refractivity contribution in [1.29, 1.82) is 0 Å².